The molecule has 0 spiro atoms. The van der Waals surface area contributed by atoms with Crippen LogP contribution in [0.25, 0.3) is 0 Å². The van der Waals surface area contributed by atoms with E-state index in [4.69, 9.17) is 4.98 Å². The number of aromatic nitrogens is 1. The molecule has 4 nitrogen and oxygen atoms in total. The first kappa shape index (κ1) is 12.6. The number of hydrogen-bond donors (Lipinski definition) is 1. The van der Waals surface area contributed by atoms with Crippen LogP contribution in [-0.2, 0) is 6.54 Å². The first-order valence-corrected chi connectivity index (χ1v) is 7.17. The molecular formula is C15H21N3O. The lowest BCUT2D eigenvalue weighted by Crippen LogP contribution is -2.27. The van der Waals surface area contributed by atoms with Crippen LogP contribution in [0.3, 0.4) is 0 Å². The van der Waals surface area contributed by atoms with Gasteiger partial charge < -0.3 is 10.2 Å². The maximum Gasteiger partial charge on any atom is 0.256 e. The van der Waals surface area contributed by atoms with Gasteiger partial charge in [-0.15, -0.1) is 0 Å². The lowest BCUT2D eigenvalue weighted by atomic mass is 10.1. The van der Waals surface area contributed by atoms with Gasteiger partial charge in [-0.3, -0.25) is 9.78 Å². The van der Waals surface area contributed by atoms with Gasteiger partial charge in [0.05, 0.1) is 23.5 Å². The van der Waals surface area contributed by atoms with E-state index in [-0.39, 0.29) is 5.91 Å². The van der Waals surface area contributed by atoms with Crippen LogP contribution in [0.4, 0.5) is 0 Å². The number of carbonyl (C=O) groups excluding carboxylic acids is 1. The predicted molar refractivity (Wildman–Crippen MR) is 73.8 cm³/mol. The van der Waals surface area contributed by atoms with Crippen molar-refractivity contribution in [3.05, 3.63) is 29.1 Å². The highest BCUT2D eigenvalue weighted by atomic mass is 16.2. The van der Waals surface area contributed by atoms with Crippen LogP contribution < -0.4 is 5.32 Å². The number of carbonyl (C=O) groups is 1. The first-order valence-electron chi connectivity index (χ1n) is 7.17. The number of nitrogens with one attached hydrogen (secondary N) is 1. The van der Waals surface area contributed by atoms with E-state index in [9.17, 15) is 4.79 Å². The third-order valence-electron chi connectivity index (χ3n) is 3.86. The third-order valence-corrected chi connectivity index (χ3v) is 3.86. The Kier molecular flexibility index (Phi) is 3.27. The summed E-state index contributed by atoms with van der Waals surface area (Å²) in [4.78, 5) is 18.9. The molecule has 1 N–H and O–H groups in total. The standard InChI is InChI=1S/C15H21N3O/c1-10(2)8-18-9-14-11(15(18)19)5-6-13(17-14)12-4-3-7-16-12/h5-6,10,12,16H,3-4,7-9H2,1-2H3/t12-/m0/s1. The van der Waals surface area contributed by atoms with Gasteiger partial charge in [0, 0.05) is 12.6 Å². The second-order valence-electron chi connectivity index (χ2n) is 5.96. The molecule has 3 heterocycles. The molecule has 0 unspecified atom stereocenters. The smallest absolute Gasteiger partial charge is 0.256 e. The Morgan fingerprint density at radius 1 is 1.47 bits per heavy atom. The fraction of sp³-hybridized carbons (Fsp3) is 0.600. The molecule has 0 aliphatic carbocycles. The summed E-state index contributed by atoms with van der Waals surface area (Å²) in [6.07, 6.45) is 2.36. The molecule has 3 rings (SSSR count). The fourth-order valence-corrected chi connectivity index (χ4v) is 2.98. The van der Waals surface area contributed by atoms with Crippen LogP contribution in [0.15, 0.2) is 12.1 Å². The summed E-state index contributed by atoms with van der Waals surface area (Å²) in [6.45, 7) is 6.83. The minimum Gasteiger partial charge on any atom is -0.332 e. The SMILES string of the molecule is CC(C)CN1Cc2nc([C@@H]3CCCN3)ccc2C1=O. The van der Waals surface area contributed by atoms with Gasteiger partial charge in [0.2, 0.25) is 0 Å². The van der Waals surface area contributed by atoms with Gasteiger partial charge in [0.25, 0.3) is 5.91 Å². The van der Waals surface area contributed by atoms with E-state index in [0.29, 0.717) is 18.5 Å². The second kappa shape index (κ2) is 4.93. The molecule has 1 fully saturated rings. The molecule has 0 aromatic carbocycles. The molecule has 1 saturated heterocycles. The molecule has 4 heteroatoms. The number of amides is 1. The molecule has 0 saturated carbocycles. The molecule has 1 atom stereocenters. The van der Waals surface area contributed by atoms with Crippen LogP contribution in [0, 0.1) is 5.92 Å². The molecule has 2 aliphatic heterocycles. The molecule has 19 heavy (non-hydrogen) atoms. The summed E-state index contributed by atoms with van der Waals surface area (Å²) in [5, 5.41) is 3.46. The normalized spacial score (nSPS) is 22.4. The van der Waals surface area contributed by atoms with E-state index in [2.05, 4.69) is 19.2 Å². The van der Waals surface area contributed by atoms with Gasteiger partial charge in [-0.25, -0.2) is 0 Å². The second-order valence-corrected chi connectivity index (χ2v) is 5.96. The Balaban J connectivity index is 1.82. The van der Waals surface area contributed by atoms with E-state index in [1.807, 2.05) is 17.0 Å². The van der Waals surface area contributed by atoms with Crippen molar-refractivity contribution < 1.29 is 4.79 Å². The fourth-order valence-electron chi connectivity index (χ4n) is 2.98. The van der Waals surface area contributed by atoms with Crippen LogP contribution in [0.2, 0.25) is 0 Å². The Labute approximate surface area is 114 Å². The molecule has 102 valence electrons. The van der Waals surface area contributed by atoms with Crippen LogP contribution in [0.1, 0.15) is 54.5 Å². The van der Waals surface area contributed by atoms with Gasteiger partial charge >= 0.3 is 0 Å². The topological polar surface area (TPSA) is 45.2 Å². The number of nitrogens with zero attached hydrogens (tertiary/aromatic N) is 2. The van der Waals surface area contributed by atoms with Crippen LogP contribution in [-0.4, -0.2) is 28.9 Å². The van der Waals surface area contributed by atoms with Crippen molar-refractivity contribution in [2.24, 2.45) is 5.92 Å². The van der Waals surface area contributed by atoms with Crippen molar-refractivity contribution in [1.82, 2.24) is 15.2 Å². The summed E-state index contributed by atoms with van der Waals surface area (Å²) < 4.78 is 0. The minimum absolute atomic E-state index is 0.141. The predicted octanol–water partition coefficient (Wildman–Crippen LogP) is 2.12. The van der Waals surface area contributed by atoms with Crippen molar-refractivity contribution in [1.29, 1.82) is 0 Å². The Hall–Kier alpha value is -1.42. The summed E-state index contributed by atoms with van der Waals surface area (Å²) in [5.41, 5.74) is 2.84. The molecule has 0 bridgehead atoms. The van der Waals surface area contributed by atoms with Gasteiger partial charge in [0.15, 0.2) is 0 Å². The highest BCUT2D eigenvalue weighted by Crippen LogP contribution is 2.26. The third kappa shape index (κ3) is 2.37. The van der Waals surface area contributed by atoms with Crippen molar-refractivity contribution in [2.45, 2.75) is 39.3 Å². The molecule has 1 aromatic heterocycles. The van der Waals surface area contributed by atoms with Crippen molar-refractivity contribution in [3.8, 4) is 0 Å². The molecular weight excluding hydrogens is 238 g/mol. The lowest BCUT2D eigenvalue weighted by Gasteiger charge is -2.17. The van der Waals surface area contributed by atoms with Crippen molar-refractivity contribution in [2.75, 3.05) is 13.1 Å². The van der Waals surface area contributed by atoms with Gasteiger partial charge in [0.1, 0.15) is 0 Å². The monoisotopic (exact) mass is 259 g/mol. The number of fused-ring (bicyclic) bond motifs is 1. The molecule has 1 amide bonds. The average Bonchev–Trinajstić information content (AvgIpc) is 2.98. The van der Waals surface area contributed by atoms with E-state index >= 15 is 0 Å². The molecule has 1 aromatic rings. The van der Waals surface area contributed by atoms with E-state index in [0.717, 1.165) is 36.5 Å². The molecule has 2 aliphatic rings. The first-order chi connectivity index (χ1) is 9.15. The van der Waals surface area contributed by atoms with Gasteiger partial charge in [-0.1, -0.05) is 13.8 Å². The van der Waals surface area contributed by atoms with Gasteiger partial charge in [-0.05, 0) is 37.4 Å². The summed E-state index contributed by atoms with van der Waals surface area (Å²) in [6, 6.07) is 4.35. The largest absolute Gasteiger partial charge is 0.332 e. The van der Waals surface area contributed by atoms with Gasteiger partial charge in [-0.2, -0.15) is 0 Å². The lowest BCUT2D eigenvalue weighted by molar-refractivity contribution is 0.0759. The zero-order chi connectivity index (χ0) is 13.4. The van der Waals surface area contributed by atoms with E-state index < -0.39 is 0 Å². The minimum atomic E-state index is 0.141. The Morgan fingerprint density at radius 3 is 3.00 bits per heavy atom. The zero-order valence-electron chi connectivity index (χ0n) is 11.6. The van der Waals surface area contributed by atoms with E-state index in [1.165, 1.54) is 6.42 Å². The summed E-state index contributed by atoms with van der Waals surface area (Å²) >= 11 is 0. The highest BCUT2D eigenvalue weighted by molar-refractivity contribution is 5.97. The number of rotatable bonds is 3. The average molecular weight is 259 g/mol. The Morgan fingerprint density at radius 2 is 2.32 bits per heavy atom. The maximum atomic E-state index is 12.2. The zero-order valence-corrected chi connectivity index (χ0v) is 11.6. The maximum absolute atomic E-state index is 12.2. The van der Waals surface area contributed by atoms with Crippen molar-refractivity contribution in [3.63, 3.8) is 0 Å². The van der Waals surface area contributed by atoms with Crippen LogP contribution in [0.5, 0.6) is 0 Å². The van der Waals surface area contributed by atoms with E-state index in [1.54, 1.807) is 0 Å². The summed E-state index contributed by atoms with van der Waals surface area (Å²) in [5.74, 6) is 0.636. The quantitative estimate of drug-likeness (QED) is 0.904. The number of pyridine rings is 1. The van der Waals surface area contributed by atoms with Crippen molar-refractivity contribution >= 4 is 5.91 Å². The molecule has 0 radical (unpaired) electrons. The Bertz CT molecular complexity index is 492. The number of hydrogen-bond acceptors (Lipinski definition) is 3. The summed E-state index contributed by atoms with van der Waals surface area (Å²) in [7, 11) is 0. The van der Waals surface area contributed by atoms with Crippen LogP contribution >= 0.6 is 0 Å². The highest BCUT2D eigenvalue weighted by Gasteiger charge is 2.30.